The molecule has 2 unspecified atom stereocenters. The Morgan fingerprint density at radius 1 is 0.714 bits per heavy atom. The topological polar surface area (TPSA) is 32.3 Å². The van der Waals surface area contributed by atoms with E-state index < -0.39 is 6.10 Å². The third kappa shape index (κ3) is 4.21. The number of hydrogen-bond donors (Lipinski definition) is 2. The summed E-state index contributed by atoms with van der Waals surface area (Å²) in [4.78, 5) is 0. The third-order valence-corrected chi connectivity index (χ3v) is 5.00. The Bertz CT molecular complexity index is 1050. The molecule has 2 nitrogen and oxygen atoms in total. The molecule has 0 saturated carbocycles. The van der Waals surface area contributed by atoms with Gasteiger partial charge < -0.3 is 10.4 Å². The van der Waals surface area contributed by atoms with E-state index in [1.165, 1.54) is 12.1 Å². The van der Waals surface area contributed by atoms with E-state index in [1.54, 1.807) is 12.1 Å². The van der Waals surface area contributed by atoms with Crippen molar-refractivity contribution in [2.24, 2.45) is 0 Å². The van der Waals surface area contributed by atoms with Gasteiger partial charge in [0.15, 0.2) is 0 Å². The number of halogens is 1. The van der Waals surface area contributed by atoms with Crippen molar-refractivity contribution in [1.82, 2.24) is 0 Å². The smallest absolute Gasteiger partial charge is 0.123 e. The molecule has 0 saturated heterocycles. The maximum atomic E-state index is 13.2. The number of rotatable bonds is 6. The Balaban J connectivity index is 1.59. The fraction of sp³-hybridized carbons (Fsp3) is 0.120. The van der Waals surface area contributed by atoms with Crippen LogP contribution in [0, 0.1) is 5.82 Å². The average molecular weight is 371 g/mol. The molecule has 140 valence electrons. The van der Waals surface area contributed by atoms with Crippen molar-refractivity contribution in [2.45, 2.75) is 18.6 Å². The third-order valence-electron chi connectivity index (χ3n) is 5.00. The summed E-state index contributed by atoms with van der Waals surface area (Å²) in [7, 11) is 0. The molecule has 0 fully saturated rings. The lowest BCUT2D eigenvalue weighted by atomic mass is 9.95. The van der Waals surface area contributed by atoms with Crippen LogP contribution < -0.4 is 5.32 Å². The van der Waals surface area contributed by atoms with Crippen LogP contribution in [0.3, 0.4) is 0 Å². The van der Waals surface area contributed by atoms with Gasteiger partial charge in [-0.15, -0.1) is 0 Å². The molecule has 0 bridgehead atoms. The lowest BCUT2D eigenvalue weighted by Crippen LogP contribution is -2.15. The number of aliphatic hydroxyl groups excluding tert-OH is 1. The van der Waals surface area contributed by atoms with Gasteiger partial charge in [0.2, 0.25) is 0 Å². The van der Waals surface area contributed by atoms with Gasteiger partial charge in [-0.25, -0.2) is 4.39 Å². The monoisotopic (exact) mass is 371 g/mol. The van der Waals surface area contributed by atoms with E-state index in [9.17, 15) is 9.50 Å². The maximum absolute atomic E-state index is 13.2. The molecule has 0 spiro atoms. The average Bonchev–Trinajstić information content (AvgIpc) is 2.75. The van der Waals surface area contributed by atoms with E-state index in [0.29, 0.717) is 6.42 Å². The minimum atomic E-state index is -0.622. The fourth-order valence-electron chi connectivity index (χ4n) is 3.49. The molecule has 28 heavy (non-hydrogen) atoms. The highest BCUT2D eigenvalue weighted by Gasteiger charge is 2.18. The lowest BCUT2D eigenvalue weighted by molar-refractivity contribution is 0.161. The zero-order valence-electron chi connectivity index (χ0n) is 15.4. The van der Waals surface area contributed by atoms with Crippen LogP contribution in [0.1, 0.15) is 29.7 Å². The van der Waals surface area contributed by atoms with Crippen molar-refractivity contribution in [3.05, 3.63) is 114 Å². The largest absolute Gasteiger partial charge is 0.388 e. The van der Waals surface area contributed by atoms with Crippen LogP contribution in [-0.4, -0.2) is 5.11 Å². The van der Waals surface area contributed by atoms with Gasteiger partial charge in [-0.3, -0.25) is 0 Å². The molecule has 3 heteroatoms. The van der Waals surface area contributed by atoms with Crippen molar-refractivity contribution in [3.63, 3.8) is 0 Å². The summed E-state index contributed by atoms with van der Waals surface area (Å²) in [6.07, 6.45) is -0.123. The summed E-state index contributed by atoms with van der Waals surface area (Å²) in [6.45, 7) is 0. The van der Waals surface area contributed by atoms with E-state index in [0.717, 1.165) is 27.6 Å². The summed E-state index contributed by atoms with van der Waals surface area (Å²) in [5.74, 6) is -0.266. The maximum Gasteiger partial charge on any atom is 0.123 e. The second kappa shape index (κ2) is 8.24. The fourth-order valence-corrected chi connectivity index (χ4v) is 3.49. The molecule has 0 heterocycles. The van der Waals surface area contributed by atoms with Crippen LogP contribution in [-0.2, 0) is 0 Å². The number of anilines is 1. The Morgan fingerprint density at radius 2 is 1.39 bits per heavy atom. The van der Waals surface area contributed by atoms with Gasteiger partial charge in [-0.05, 0) is 52.2 Å². The first kappa shape index (κ1) is 18.2. The summed E-state index contributed by atoms with van der Waals surface area (Å²) in [6, 6.07) is 30.4. The molecule has 0 aliphatic carbocycles. The first-order valence-electron chi connectivity index (χ1n) is 9.43. The molecular weight excluding hydrogens is 349 g/mol. The molecule has 0 radical (unpaired) electrons. The summed E-state index contributed by atoms with van der Waals surface area (Å²) >= 11 is 0. The van der Waals surface area contributed by atoms with E-state index in [1.807, 2.05) is 60.7 Å². The molecule has 2 N–H and O–H groups in total. The number of nitrogens with one attached hydrogen (secondary N) is 1. The molecular formula is C25H22FNO. The quantitative estimate of drug-likeness (QED) is 0.419. The number of benzene rings is 4. The van der Waals surface area contributed by atoms with Gasteiger partial charge in [0.1, 0.15) is 5.82 Å². The second-order valence-electron chi connectivity index (χ2n) is 6.97. The first-order valence-corrected chi connectivity index (χ1v) is 9.43. The first-order chi connectivity index (χ1) is 13.7. The minimum Gasteiger partial charge on any atom is -0.388 e. The Morgan fingerprint density at radius 3 is 2.14 bits per heavy atom. The van der Waals surface area contributed by atoms with Crippen LogP contribution in [0.15, 0.2) is 97.1 Å². The van der Waals surface area contributed by atoms with Gasteiger partial charge in [0.05, 0.1) is 12.1 Å². The van der Waals surface area contributed by atoms with Crippen molar-refractivity contribution < 1.29 is 9.50 Å². The Kier molecular flexibility index (Phi) is 5.36. The molecule has 4 aromatic rings. The Labute approximate surface area is 164 Å². The highest BCUT2D eigenvalue weighted by atomic mass is 19.1. The number of aliphatic hydroxyl groups is 1. The van der Waals surface area contributed by atoms with E-state index in [-0.39, 0.29) is 11.9 Å². The molecule has 4 aromatic carbocycles. The van der Waals surface area contributed by atoms with Crippen molar-refractivity contribution in [3.8, 4) is 0 Å². The standard InChI is InChI=1S/C25H22FNO/c26-22-12-14-23(15-13-22)27-24(19-7-2-1-3-8-19)17-25(28)21-11-10-18-6-4-5-9-20(18)16-21/h1-16,24-25,27-28H,17H2. The summed E-state index contributed by atoms with van der Waals surface area (Å²) in [5, 5.41) is 16.6. The van der Waals surface area contributed by atoms with E-state index in [2.05, 4.69) is 17.4 Å². The molecule has 0 aliphatic heterocycles. The zero-order valence-corrected chi connectivity index (χ0v) is 15.4. The van der Waals surface area contributed by atoms with Crippen molar-refractivity contribution in [1.29, 1.82) is 0 Å². The van der Waals surface area contributed by atoms with Crippen LogP contribution in [0.25, 0.3) is 10.8 Å². The number of hydrogen-bond acceptors (Lipinski definition) is 2. The lowest BCUT2D eigenvalue weighted by Gasteiger charge is -2.24. The van der Waals surface area contributed by atoms with Crippen LogP contribution >= 0.6 is 0 Å². The molecule has 2 atom stereocenters. The Hall–Kier alpha value is -3.17. The minimum absolute atomic E-state index is 0.104. The van der Waals surface area contributed by atoms with Gasteiger partial charge in [0.25, 0.3) is 0 Å². The zero-order chi connectivity index (χ0) is 19.3. The summed E-state index contributed by atoms with van der Waals surface area (Å²) in [5.41, 5.74) is 2.79. The number of fused-ring (bicyclic) bond motifs is 1. The molecule has 4 rings (SSSR count). The van der Waals surface area contributed by atoms with Crippen molar-refractivity contribution >= 4 is 16.5 Å². The summed E-state index contributed by atoms with van der Waals surface area (Å²) < 4.78 is 13.2. The normalized spacial score (nSPS) is 13.2. The molecule has 0 amide bonds. The highest BCUT2D eigenvalue weighted by molar-refractivity contribution is 5.83. The van der Waals surface area contributed by atoms with Gasteiger partial charge in [-0.2, -0.15) is 0 Å². The second-order valence-corrected chi connectivity index (χ2v) is 6.97. The predicted molar refractivity (Wildman–Crippen MR) is 113 cm³/mol. The van der Waals surface area contributed by atoms with Crippen LogP contribution in [0.5, 0.6) is 0 Å². The van der Waals surface area contributed by atoms with Crippen molar-refractivity contribution in [2.75, 3.05) is 5.32 Å². The van der Waals surface area contributed by atoms with E-state index >= 15 is 0 Å². The van der Waals surface area contributed by atoms with Gasteiger partial charge >= 0.3 is 0 Å². The molecule has 0 aliphatic rings. The SMILES string of the molecule is OC(CC(Nc1ccc(F)cc1)c1ccccc1)c1ccc2ccccc2c1. The highest BCUT2D eigenvalue weighted by Crippen LogP contribution is 2.31. The molecule has 0 aromatic heterocycles. The van der Waals surface area contributed by atoms with Crippen LogP contribution in [0.2, 0.25) is 0 Å². The van der Waals surface area contributed by atoms with Gasteiger partial charge in [-0.1, -0.05) is 66.7 Å². The van der Waals surface area contributed by atoms with E-state index in [4.69, 9.17) is 0 Å². The predicted octanol–water partition coefficient (Wildman–Crippen LogP) is 6.26. The van der Waals surface area contributed by atoms with Gasteiger partial charge in [0, 0.05) is 12.1 Å². The van der Waals surface area contributed by atoms with Crippen LogP contribution in [0.4, 0.5) is 10.1 Å².